The van der Waals surface area contributed by atoms with Crippen molar-refractivity contribution >= 4 is 22.6 Å². The minimum Gasteiger partial charge on any atom is -0.370 e. The molecule has 1 amide bonds. The number of fused-ring (bicyclic) bond motifs is 1. The molecule has 1 aliphatic rings. The highest BCUT2D eigenvalue weighted by Gasteiger charge is 2.21. The van der Waals surface area contributed by atoms with E-state index in [1.165, 1.54) is 0 Å². The smallest absolute Gasteiger partial charge is 0.326 e. The second kappa shape index (κ2) is 6.67. The van der Waals surface area contributed by atoms with Crippen LogP contribution in [0.15, 0.2) is 47.5 Å². The van der Waals surface area contributed by atoms with Gasteiger partial charge in [-0.15, -0.1) is 0 Å². The lowest BCUT2D eigenvalue weighted by Crippen LogP contribution is -2.35. The molecular formula is C19H21N5O2. The van der Waals surface area contributed by atoms with Gasteiger partial charge in [-0.1, -0.05) is 0 Å². The third-order valence-electron chi connectivity index (χ3n) is 4.96. The number of rotatable bonds is 2. The van der Waals surface area contributed by atoms with Gasteiger partial charge in [0.2, 0.25) is 0 Å². The Balaban J connectivity index is 1.52. The molecule has 0 unspecified atom stereocenters. The van der Waals surface area contributed by atoms with Crippen LogP contribution in [0.25, 0.3) is 11.0 Å². The third kappa shape index (κ3) is 2.96. The maximum atomic E-state index is 12.9. The number of carbonyl (C=O) groups is 1. The molecule has 1 fully saturated rings. The fourth-order valence-corrected chi connectivity index (χ4v) is 3.49. The molecule has 1 saturated heterocycles. The predicted molar refractivity (Wildman–Crippen MR) is 101 cm³/mol. The van der Waals surface area contributed by atoms with Crippen LogP contribution >= 0.6 is 0 Å². The normalized spacial score (nSPS) is 15.3. The lowest BCUT2D eigenvalue weighted by Gasteiger charge is -2.23. The molecule has 2 aromatic heterocycles. The zero-order chi connectivity index (χ0) is 18.1. The van der Waals surface area contributed by atoms with Crippen molar-refractivity contribution in [3.8, 4) is 0 Å². The second-order valence-corrected chi connectivity index (χ2v) is 6.56. The van der Waals surface area contributed by atoms with E-state index in [-0.39, 0.29) is 11.6 Å². The van der Waals surface area contributed by atoms with E-state index in [1.807, 2.05) is 23.1 Å². The minimum absolute atomic E-state index is 0.00757. The summed E-state index contributed by atoms with van der Waals surface area (Å²) < 4.78 is 1.54. The number of carbonyl (C=O) groups excluding carboxylic acids is 1. The van der Waals surface area contributed by atoms with E-state index in [9.17, 15) is 9.59 Å². The van der Waals surface area contributed by atoms with Crippen molar-refractivity contribution in [2.24, 2.45) is 7.05 Å². The first kappa shape index (κ1) is 16.4. The number of pyridine rings is 1. The van der Waals surface area contributed by atoms with E-state index in [1.54, 1.807) is 36.1 Å². The summed E-state index contributed by atoms with van der Waals surface area (Å²) >= 11 is 0. The fraction of sp³-hybridized carbons (Fsp3) is 0.316. The summed E-state index contributed by atoms with van der Waals surface area (Å²) in [6.07, 6.45) is 4.50. The van der Waals surface area contributed by atoms with Gasteiger partial charge in [0.15, 0.2) is 0 Å². The molecule has 1 aromatic carbocycles. The first-order chi connectivity index (χ1) is 12.6. The van der Waals surface area contributed by atoms with Crippen LogP contribution in [-0.2, 0) is 7.05 Å². The molecule has 0 spiro atoms. The number of aromatic nitrogens is 3. The Labute approximate surface area is 150 Å². The number of hydrogen-bond donors (Lipinski definition) is 1. The summed E-state index contributed by atoms with van der Waals surface area (Å²) in [5, 5.41) is 0. The van der Waals surface area contributed by atoms with Gasteiger partial charge >= 0.3 is 5.69 Å². The van der Waals surface area contributed by atoms with Gasteiger partial charge < -0.3 is 14.8 Å². The first-order valence-electron chi connectivity index (χ1n) is 8.76. The molecule has 3 aromatic rings. The van der Waals surface area contributed by atoms with Crippen LogP contribution in [0.4, 0.5) is 5.69 Å². The molecule has 3 heterocycles. The number of benzene rings is 1. The molecule has 26 heavy (non-hydrogen) atoms. The van der Waals surface area contributed by atoms with Crippen LogP contribution in [0, 0.1) is 0 Å². The molecule has 1 aliphatic heterocycles. The molecule has 0 radical (unpaired) electrons. The minimum atomic E-state index is -0.174. The topological polar surface area (TPSA) is 74.2 Å². The Kier molecular flexibility index (Phi) is 4.20. The summed E-state index contributed by atoms with van der Waals surface area (Å²) in [7, 11) is 1.71. The summed E-state index contributed by atoms with van der Waals surface area (Å²) in [4.78, 5) is 35.7. The number of nitrogens with zero attached hydrogens (tertiary/aromatic N) is 4. The zero-order valence-corrected chi connectivity index (χ0v) is 14.7. The second-order valence-electron chi connectivity index (χ2n) is 6.56. The number of aryl methyl sites for hydroxylation is 1. The number of anilines is 1. The first-order valence-corrected chi connectivity index (χ1v) is 8.76. The van der Waals surface area contributed by atoms with Crippen LogP contribution < -0.4 is 10.6 Å². The van der Waals surface area contributed by atoms with Gasteiger partial charge in [-0.25, -0.2) is 4.79 Å². The molecule has 134 valence electrons. The maximum Gasteiger partial charge on any atom is 0.326 e. The average molecular weight is 351 g/mol. The van der Waals surface area contributed by atoms with Gasteiger partial charge in [-0.2, -0.15) is 0 Å². The summed E-state index contributed by atoms with van der Waals surface area (Å²) in [5.41, 5.74) is 3.06. The number of imidazole rings is 1. The highest BCUT2D eigenvalue weighted by Crippen LogP contribution is 2.18. The van der Waals surface area contributed by atoms with Crippen LogP contribution in [0.1, 0.15) is 16.8 Å². The molecular weight excluding hydrogens is 330 g/mol. The summed E-state index contributed by atoms with van der Waals surface area (Å²) in [6.45, 7) is 3.10. The van der Waals surface area contributed by atoms with E-state index in [4.69, 9.17) is 0 Å². The Morgan fingerprint density at radius 1 is 1.08 bits per heavy atom. The van der Waals surface area contributed by atoms with Gasteiger partial charge in [0.05, 0.1) is 11.0 Å². The van der Waals surface area contributed by atoms with E-state index >= 15 is 0 Å². The Bertz CT molecular complexity index is 992. The van der Waals surface area contributed by atoms with E-state index in [0.29, 0.717) is 17.6 Å². The summed E-state index contributed by atoms with van der Waals surface area (Å²) in [5.74, 6) is 0.00757. The van der Waals surface area contributed by atoms with Gasteiger partial charge in [0.25, 0.3) is 5.91 Å². The lowest BCUT2D eigenvalue weighted by molar-refractivity contribution is 0.0767. The quantitative estimate of drug-likeness (QED) is 0.761. The Morgan fingerprint density at radius 2 is 1.88 bits per heavy atom. The molecule has 7 nitrogen and oxygen atoms in total. The van der Waals surface area contributed by atoms with Gasteiger partial charge in [0.1, 0.15) is 0 Å². The molecule has 0 aliphatic carbocycles. The van der Waals surface area contributed by atoms with Crippen LogP contribution in [0.2, 0.25) is 0 Å². The van der Waals surface area contributed by atoms with Crippen molar-refractivity contribution in [1.82, 2.24) is 19.4 Å². The van der Waals surface area contributed by atoms with E-state index in [0.717, 1.165) is 37.3 Å². The van der Waals surface area contributed by atoms with Crippen LogP contribution in [0.3, 0.4) is 0 Å². The standard InChI is InChI=1S/C19H21N5O2/c1-22-17-4-3-14(13-16(17)21-19(22)26)18(25)24-10-2-9-23(11-12-24)15-5-7-20-8-6-15/h3-8,13H,2,9-12H2,1H3,(H,21,26). The van der Waals surface area contributed by atoms with Crippen molar-refractivity contribution < 1.29 is 4.79 Å². The number of hydrogen-bond acceptors (Lipinski definition) is 4. The number of H-pyrrole nitrogens is 1. The van der Waals surface area contributed by atoms with Gasteiger partial charge in [-0.3, -0.25) is 14.3 Å². The third-order valence-corrected chi connectivity index (χ3v) is 4.96. The van der Waals surface area contributed by atoms with Crippen molar-refractivity contribution in [2.45, 2.75) is 6.42 Å². The summed E-state index contributed by atoms with van der Waals surface area (Å²) in [6, 6.07) is 9.38. The van der Waals surface area contributed by atoms with Gasteiger partial charge in [-0.05, 0) is 36.8 Å². The molecule has 0 atom stereocenters. The number of nitrogens with one attached hydrogen (secondary N) is 1. The highest BCUT2D eigenvalue weighted by molar-refractivity contribution is 5.97. The molecule has 0 saturated carbocycles. The van der Waals surface area contributed by atoms with Crippen molar-refractivity contribution in [2.75, 3.05) is 31.1 Å². The Morgan fingerprint density at radius 3 is 2.69 bits per heavy atom. The monoisotopic (exact) mass is 351 g/mol. The van der Waals surface area contributed by atoms with Gasteiger partial charge in [0, 0.05) is 56.9 Å². The van der Waals surface area contributed by atoms with Crippen LogP contribution in [0.5, 0.6) is 0 Å². The average Bonchev–Trinajstić information content (AvgIpc) is 2.85. The fourth-order valence-electron chi connectivity index (χ4n) is 3.49. The predicted octanol–water partition coefficient (Wildman–Crippen LogP) is 1.61. The Hall–Kier alpha value is -3.09. The van der Waals surface area contributed by atoms with Crippen molar-refractivity contribution in [3.05, 3.63) is 58.8 Å². The van der Waals surface area contributed by atoms with E-state index in [2.05, 4.69) is 14.9 Å². The lowest BCUT2D eigenvalue weighted by atomic mass is 10.1. The van der Waals surface area contributed by atoms with E-state index < -0.39 is 0 Å². The molecule has 7 heteroatoms. The number of aromatic amines is 1. The van der Waals surface area contributed by atoms with Crippen molar-refractivity contribution in [3.63, 3.8) is 0 Å². The molecule has 4 rings (SSSR count). The van der Waals surface area contributed by atoms with Crippen molar-refractivity contribution in [1.29, 1.82) is 0 Å². The largest absolute Gasteiger partial charge is 0.370 e. The number of amides is 1. The highest BCUT2D eigenvalue weighted by atomic mass is 16.2. The molecule has 0 bridgehead atoms. The van der Waals surface area contributed by atoms with Crippen LogP contribution in [-0.4, -0.2) is 51.5 Å². The molecule has 1 N–H and O–H groups in total. The zero-order valence-electron chi connectivity index (χ0n) is 14.7. The maximum absolute atomic E-state index is 12.9. The SMILES string of the molecule is Cn1c(=O)[nH]c2cc(C(=O)N3CCCN(c4ccncc4)CC3)ccc21.